The van der Waals surface area contributed by atoms with Crippen LogP contribution in [0.5, 0.6) is 0 Å². The second kappa shape index (κ2) is 7.25. The highest BCUT2D eigenvalue weighted by atomic mass is 79.9. The summed E-state index contributed by atoms with van der Waals surface area (Å²) in [6, 6.07) is 6.44. The predicted molar refractivity (Wildman–Crippen MR) is 85.2 cm³/mol. The number of rotatable bonds is 5. The maximum Gasteiger partial charge on any atom is 0.435 e. The molecule has 2 rings (SSSR count). The van der Waals surface area contributed by atoms with Gasteiger partial charge >= 0.3 is 6.18 Å². The Kier molecular flexibility index (Phi) is 5.77. The molecule has 126 valence electrons. The predicted octanol–water partition coefficient (Wildman–Crippen LogP) is 3.21. The monoisotopic (exact) mass is 409 g/mol. The first-order valence-electron chi connectivity index (χ1n) is 6.65. The summed E-state index contributed by atoms with van der Waals surface area (Å²) in [5.74, 6) is 0. The molecule has 0 radical (unpaired) electrons. The molecule has 23 heavy (non-hydrogen) atoms. The lowest BCUT2D eigenvalue weighted by molar-refractivity contribution is -0.142. The summed E-state index contributed by atoms with van der Waals surface area (Å²) in [5, 5.41) is 13.0. The fourth-order valence-corrected chi connectivity index (χ4v) is 3.27. The number of hydrogen-bond acceptors (Lipinski definition) is 4. The molecule has 0 saturated heterocycles. The standard InChI is InChI=1S/C14H15BrF3N3OS/c1-21-13(23-10-4-2-8(15)3-5-10)11(6-9(19)7-22)12(20-21)14(16,17)18/h2-5,9,22H,6-7,19H2,1H3. The summed E-state index contributed by atoms with van der Waals surface area (Å²) in [4.78, 5) is 0.781. The first-order valence-corrected chi connectivity index (χ1v) is 8.26. The van der Waals surface area contributed by atoms with Gasteiger partial charge in [-0.2, -0.15) is 18.3 Å². The molecule has 0 spiro atoms. The summed E-state index contributed by atoms with van der Waals surface area (Å²) in [7, 11) is 1.46. The van der Waals surface area contributed by atoms with Gasteiger partial charge in [-0.05, 0) is 30.7 Å². The minimum Gasteiger partial charge on any atom is -0.395 e. The normalized spacial score (nSPS) is 13.3. The van der Waals surface area contributed by atoms with Crippen LogP contribution in [-0.4, -0.2) is 27.5 Å². The molecule has 0 aliphatic rings. The number of benzene rings is 1. The van der Waals surface area contributed by atoms with Gasteiger partial charge in [0, 0.05) is 28.0 Å². The molecular weight excluding hydrogens is 395 g/mol. The average Bonchev–Trinajstić information content (AvgIpc) is 2.78. The second-order valence-electron chi connectivity index (χ2n) is 4.96. The van der Waals surface area contributed by atoms with Crippen molar-refractivity contribution in [3.63, 3.8) is 0 Å². The number of hydrogen-bond donors (Lipinski definition) is 2. The minimum absolute atomic E-state index is 0.00877. The molecule has 0 fully saturated rings. The minimum atomic E-state index is -4.57. The maximum atomic E-state index is 13.2. The van der Waals surface area contributed by atoms with E-state index in [0.717, 1.165) is 9.37 Å². The summed E-state index contributed by atoms with van der Waals surface area (Å²) in [6.07, 6.45) is -4.67. The molecule has 9 heteroatoms. The Morgan fingerprint density at radius 3 is 2.48 bits per heavy atom. The molecule has 2 aromatic rings. The number of aromatic nitrogens is 2. The van der Waals surface area contributed by atoms with Crippen LogP contribution in [0.25, 0.3) is 0 Å². The van der Waals surface area contributed by atoms with E-state index in [1.807, 2.05) is 12.1 Å². The molecule has 1 atom stereocenters. The number of aliphatic hydroxyl groups excluding tert-OH is 1. The molecular formula is C14H15BrF3N3OS. The summed E-state index contributed by atoms with van der Waals surface area (Å²) in [5.41, 5.74) is 4.69. The van der Waals surface area contributed by atoms with E-state index in [1.54, 1.807) is 12.1 Å². The summed E-state index contributed by atoms with van der Waals surface area (Å²) < 4.78 is 41.7. The van der Waals surface area contributed by atoms with E-state index in [4.69, 9.17) is 10.8 Å². The van der Waals surface area contributed by atoms with Crippen molar-refractivity contribution in [2.45, 2.75) is 28.6 Å². The smallest absolute Gasteiger partial charge is 0.395 e. The quantitative estimate of drug-likeness (QED) is 0.795. The Balaban J connectivity index is 2.44. The van der Waals surface area contributed by atoms with Crippen LogP contribution in [0.3, 0.4) is 0 Å². The number of aliphatic hydroxyl groups is 1. The van der Waals surface area contributed by atoms with E-state index in [9.17, 15) is 13.2 Å². The van der Waals surface area contributed by atoms with Crippen molar-refractivity contribution in [3.05, 3.63) is 40.0 Å². The van der Waals surface area contributed by atoms with Crippen LogP contribution in [-0.2, 0) is 19.6 Å². The number of alkyl halides is 3. The largest absolute Gasteiger partial charge is 0.435 e. The van der Waals surface area contributed by atoms with Crippen molar-refractivity contribution in [3.8, 4) is 0 Å². The first-order chi connectivity index (χ1) is 10.7. The second-order valence-corrected chi connectivity index (χ2v) is 6.93. The van der Waals surface area contributed by atoms with Gasteiger partial charge in [-0.3, -0.25) is 4.68 Å². The third kappa shape index (κ3) is 4.50. The van der Waals surface area contributed by atoms with E-state index < -0.39 is 24.5 Å². The van der Waals surface area contributed by atoms with Gasteiger partial charge in [0.05, 0.1) is 6.61 Å². The van der Waals surface area contributed by atoms with Crippen molar-refractivity contribution >= 4 is 27.7 Å². The van der Waals surface area contributed by atoms with Crippen molar-refractivity contribution in [1.29, 1.82) is 0 Å². The van der Waals surface area contributed by atoms with Crippen LogP contribution in [0.4, 0.5) is 13.2 Å². The molecule has 0 aliphatic heterocycles. The Morgan fingerprint density at radius 1 is 1.35 bits per heavy atom. The lowest BCUT2D eigenvalue weighted by Gasteiger charge is -2.12. The van der Waals surface area contributed by atoms with E-state index in [0.29, 0.717) is 5.03 Å². The van der Waals surface area contributed by atoms with Gasteiger partial charge in [0.15, 0.2) is 5.69 Å². The Labute approximate surface area is 144 Å². The summed E-state index contributed by atoms with van der Waals surface area (Å²) in [6.45, 7) is -0.394. The lowest BCUT2D eigenvalue weighted by Crippen LogP contribution is -2.28. The van der Waals surface area contributed by atoms with Crippen LogP contribution >= 0.6 is 27.7 Å². The van der Waals surface area contributed by atoms with Gasteiger partial charge in [0.2, 0.25) is 0 Å². The molecule has 0 bridgehead atoms. The molecule has 4 nitrogen and oxygen atoms in total. The molecule has 1 unspecified atom stereocenters. The van der Waals surface area contributed by atoms with Crippen LogP contribution in [0.2, 0.25) is 0 Å². The van der Waals surface area contributed by atoms with Crippen molar-refractivity contribution in [2.24, 2.45) is 12.8 Å². The Hall–Kier alpha value is -1.03. The number of aryl methyl sites for hydroxylation is 1. The molecule has 3 N–H and O–H groups in total. The Morgan fingerprint density at radius 2 is 1.96 bits per heavy atom. The number of halogens is 4. The highest BCUT2D eigenvalue weighted by Gasteiger charge is 2.39. The van der Waals surface area contributed by atoms with E-state index in [2.05, 4.69) is 21.0 Å². The van der Waals surface area contributed by atoms with Crippen molar-refractivity contribution < 1.29 is 18.3 Å². The van der Waals surface area contributed by atoms with Gasteiger partial charge in [-0.1, -0.05) is 27.7 Å². The number of nitrogens with two attached hydrogens (primary N) is 1. The number of nitrogens with zero attached hydrogens (tertiary/aromatic N) is 2. The molecule has 1 aromatic carbocycles. The maximum absolute atomic E-state index is 13.2. The van der Waals surface area contributed by atoms with Gasteiger partial charge in [0.25, 0.3) is 0 Å². The SMILES string of the molecule is Cn1nc(C(F)(F)F)c(CC(N)CO)c1Sc1ccc(Br)cc1. The van der Waals surface area contributed by atoms with Crippen molar-refractivity contribution in [1.82, 2.24) is 9.78 Å². The molecule has 0 aliphatic carbocycles. The molecule has 0 amide bonds. The fraction of sp³-hybridized carbons (Fsp3) is 0.357. The Bertz CT molecular complexity index is 673. The first kappa shape index (κ1) is 18.3. The van der Waals surface area contributed by atoms with Crippen LogP contribution in [0, 0.1) is 0 Å². The van der Waals surface area contributed by atoms with Gasteiger partial charge in [-0.15, -0.1) is 0 Å². The fourth-order valence-electron chi connectivity index (χ4n) is 2.03. The van der Waals surface area contributed by atoms with Crippen molar-refractivity contribution in [2.75, 3.05) is 6.61 Å². The van der Waals surface area contributed by atoms with Crippen LogP contribution in [0.15, 0.2) is 38.7 Å². The zero-order chi connectivity index (χ0) is 17.2. The van der Waals surface area contributed by atoms with Gasteiger partial charge in [0.1, 0.15) is 5.03 Å². The topological polar surface area (TPSA) is 64.1 Å². The average molecular weight is 410 g/mol. The highest BCUT2D eigenvalue weighted by Crippen LogP contribution is 2.39. The van der Waals surface area contributed by atoms with E-state index in [-0.39, 0.29) is 12.0 Å². The van der Waals surface area contributed by atoms with E-state index >= 15 is 0 Å². The van der Waals surface area contributed by atoms with Crippen LogP contribution in [0.1, 0.15) is 11.3 Å². The highest BCUT2D eigenvalue weighted by molar-refractivity contribution is 9.10. The lowest BCUT2D eigenvalue weighted by atomic mass is 10.1. The van der Waals surface area contributed by atoms with Gasteiger partial charge < -0.3 is 10.8 Å². The zero-order valence-corrected chi connectivity index (χ0v) is 14.5. The summed E-state index contributed by atoms with van der Waals surface area (Å²) >= 11 is 4.49. The third-order valence-electron chi connectivity index (χ3n) is 3.09. The van der Waals surface area contributed by atoms with Gasteiger partial charge in [-0.25, -0.2) is 0 Å². The van der Waals surface area contributed by atoms with E-state index in [1.165, 1.54) is 23.5 Å². The van der Waals surface area contributed by atoms with Crippen LogP contribution < -0.4 is 5.73 Å². The molecule has 1 aromatic heterocycles. The third-order valence-corrected chi connectivity index (χ3v) is 4.83. The zero-order valence-electron chi connectivity index (χ0n) is 12.1. The molecule has 1 heterocycles. The molecule has 0 saturated carbocycles.